The van der Waals surface area contributed by atoms with Gasteiger partial charge in [0.25, 0.3) is 0 Å². The minimum absolute atomic E-state index is 0.708. The Labute approximate surface area is 111 Å². The molecule has 18 heavy (non-hydrogen) atoms. The molecule has 2 heterocycles. The molecular formula is C15H27N3. The maximum absolute atomic E-state index is 4.49. The zero-order chi connectivity index (χ0) is 13.0. The zero-order valence-corrected chi connectivity index (χ0v) is 12.0. The van der Waals surface area contributed by atoms with Crippen molar-refractivity contribution < 1.29 is 0 Å². The lowest BCUT2D eigenvalue weighted by atomic mass is 9.78. The zero-order valence-electron chi connectivity index (χ0n) is 12.0. The lowest BCUT2D eigenvalue weighted by Crippen LogP contribution is -2.36. The van der Waals surface area contributed by atoms with Gasteiger partial charge >= 0.3 is 0 Å². The Balaban J connectivity index is 2.06. The van der Waals surface area contributed by atoms with E-state index in [9.17, 15) is 0 Å². The molecule has 2 atom stereocenters. The lowest BCUT2D eigenvalue weighted by molar-refractivity contribution is 0.280. The molecule has 1 aromatic rings. The van der Waals surface area contributed by atoms with Crippen LogP contribution in [0.5, 0.6) is 0 Å². The predicted octanol–water partition coefficient (Wildman–Crippen LogP) is 3.03. The third-order valence-corrected chi connectivity index (χ3v) is 3.92. The normalized spacial score (nSPS) is 24.7. The minimum Gasteiger partial charge on any atom is -0.316 e. The first-order valence-electron chi connectivity index (χ1n) is 7.43. The summed E-state index contributed by atoms with van der Waals surface area (Å²) in [6.07, 6.45) is 8.10. The minimum atomic E-state index is 0.708. The van der Waals surface area contributed by atoms with Gasteiger partial charge in [0.2, 0.25) is 0 Å². The molecule has 3 nitrogen and oxygen atoms in total. The summed E-state index contributed by atoms with van der Waals surface area (Å²) in [5.74, 6) is 2.26. The van der Waals surface area contributed by atoms with Gasteiger partial charge in [0.15, 0.2) is 0 Å². The first-order chi connectivity index (χ1) is 8.70. The number of nitrogens with one attached hydrogen (secondary N) is 1. The summed E-state index contributed by atoms with van der Waals surface area (Å²) in [5, 5.41) is 8.04. The van der Waals surface area contributed by atoms with E-state index in [0.29, 0.717) is 5.92 Å². The Hall–Kier alpha value is -0.830. The molecule has 1 aromatic heterocycles. The number of aryl methyl sites for hydroxylation is 1. The molecule has 0 radical (unpaired) electrons. The first kappa shape index (κ1) is 13.6. The average molecular weight is 249 g/mol. The highest BCUT2D eigenvalue weighted by Gasteiger charge is 2.27. The van der Waals surface area contributed by atoms with Crippen molar-refractivity contribution in [1.29, 1.82) is 0 Å². The van der Waals surface area contributed by atoms with Gasteiger partial charge in [-0.3, -0.25) is 4.68 Å². The number of rotatable bonds is 5. The summed E-state index contributed by atoms with van der Waals surface area (Å²) in [4.78, 5) is 0. The number of hydrogen-bond acceptors (Lipinski definition) is 2. The molecule has 1 fully saturated rings. The number of aromatic nitrogens is 2. The molecule has 2 unspecified atom stereocenters. The van der Waals surface area contributed by atoms with Crippen LogP contribution in [0, 0.1) is 11.8 Å². The Morgan fingerprint density at radius 1 is 1.50 bits per heavy atom. The molecule has 0 spiro atoms. The van der Waals surface area contributed by atoms with Gasteiger partial charge in [-0.1, -0.05) is 20.8 Å². The van der Waals surface area contributed by atoms with Gasteiger partial charge in [-0.2, -0.15) is 5.10 Å². The number of piperidine rings is 1. The molecule has 0 aliphatic carbocycles. The first-order valence-corrected chi connectivity index (χ1v) is 7.43. The Morgan fingerprint density at radius 2 is 2.33 bits per heavy atom. The van der Waals surface area contributed by atoms with Crippen LogP contribution in [0.1, 0.15) is 51.5 Å². The fraction of sp³-hybridized carbons (Fsp3) is 0.800. The highest BCUT2D eigenvalue weighted by Crippen LogP contribution is 2.33. The second-order valence-corrected chi connectivity index (χ2v) is 6.03. The van der Waals surface area contributed by atoms with Crippen molar-refractivity contribution in [2.45, 2.75) is 52.5 Å². The van der Waals surface area contributed by atoms with Crippen molar-refractivity contribution in [3.8, 4) is 0 Å². The molecule has 1 aliphatic rings. The maximum atomic E-state index is 4.49. The fourth-order valence-corrected chi connectivity index (χ4v) is 3.14. The largest absolute Gasteiger partial charge is 0.316 e. The van der Waals surface area contributed by atoms with Gasteiger partial charge in [-0.25, -0.2) is 0 Å². The Bertz CT molecular complexity index is 356. The highest BCUT2D eigenvalue weighted by molar-refractivity contribution is 5.14. The van der Waals surface area contributed by atoms with Gasteiger partial charge in [0.1, 0.15) is 0 Å². The molecule has 0 aromatic carbocycles. The molecule has 3 heteroatoms. The molecule has 1 aliphatic heterocycles. The van der Waals surface area contributed by atoms with Crippen LogP contribution in [-0.2, 0) is 6.54 Å². The van der Waals surface area contributed by atoms with E-state index in [1.54, 1.807) is 0 Å². The van der Waals surface area contributed by atoms with E-state index in [1.165, 1.54) is 24.9 Å². The number of hydrogen-bond donors (Lipinski definition) is 1. The molecule has 102 valence electrons. The summed E-state index contributed by atoms with van der Waals surface area (Å²) < 4.78 is 2.10. The van der Waals surface area contributed by atoms with Crippen molar-refractivity contribution in [1.82, 2.24) is 15.1 Å². The third-order valence-electron chi connectivity index (χ3n) is 3.92. The van der Waals surface area contributed by atoms with Crippen molar-refractivity contribution in [3.05, 3.63) is 18.0 Å². The molecule has 1 saturated heterocycles. The summed E-state index contributed by atoms with van der Waals surface area (Å²) in [5.41, 5.74) is 1.45. The second-order valence-electron chi connectivity index (χ2n) is 6.03. The maximum Gasteiger partial charge on any atom is 0.0524 e. The van der Waals surface area contributed by atoms with Gasteiger partial charge < -0.3 is 5.32 Å². The summed E-state index contributed by atoms with van der Waals surface area (Å²) in [7, 11) is 0. The van der Waals surface area contributed by atoms with Crippen LogP contribution < -0.4 is 5.32 Å². The van der Waals surface area contributed by atoms with Crippen LogP contribution in [0.3, 0.4) is 0 Å². The molecule has 1 N–H and O–H groups in total. The molecule has 0 amide bonds. The van der Waals surface area contributed by atoms with Crippen LogP contribution in [-0.4, -0.2) is 22.9 Å². The van der Waals surface area contributed by atoms with Crippen LogP contribution in [0.2, 0.25) is 0 Å². The molecule has 0 bridgehead atoms. The van der Waals surface area contributed by atoms with Crippen LogP contribution in [0.15, 0.2) is 12.4 Å². The van der Waals surface area contributed by atoms with E-state index in [-0.39, 0.29) is 0 Å². The SMILES string of the molecule is CCCn1cc(C2CCNCC2CC(C)C)cn1. The lowest BCUT2D eigenvalue weighted by Gasteiger charge is -2.32. The monoisotopic (exact) mass is 249 g/mol. The van der Waals surface area contributed by atoms with Gasteiger partial charge in [-0.05, 0) is 55.7 Å². The van der Waals surface area contributed by atoms with Crippen molar-refractivity contribution >= 4 is 0 Å². The summed E-state index contributed by atoms with van der Waals surface area (Å²) in [6, 6.07) is 0. The van der Waals surface area contributed by atoms with Crippen molar-refractivity contribution in [2.24, 2.45) is 11.8 Å². The number of nitrogens with zero attached hydrogens (tertiary/aromatic N) is 2. The van der Waals surface area contributed by atoms with E-state index in [1.807, 2.05) is 0 Å². The van der Waals surface area contributed by atoms with Crippen LogP contribution in [0.4, 0.5) is 0 Å². The van der Waals surface area contributed by atoms with Crippen LogP contribution >= 0.6 is 0 Å². The van der Waals surface area contributed by atoms with Crippen molar-refractivity contribution in [2.75, 3.05) is 13.1 Å². The van der Waals surface area contributed by atoms with E-state index >= 15 is 0 Å². The van der Waals surface area contributed by atoms with Crippen LogP contribution in [0.25, 0.3) is 0 Å². The van der Waals surface area contributed by atoms with Gasteiger partial charge in [0, 0.05) is 12.7 Å². The summed E-state index contributed by atoms with van der Waals surface area (Å²) in [6.45, 7) is 10.2. The Morgan fingerprint density at radius 3 is 3.06 bits per heavy atom. The molecule has 2 rings (SSSR count). The topological polar surface area (TPSA) is 29.9 Å². The van der Waals surface area contributed by atoms with E-state index in [2.05, 4.69) is 48.3 Å². The standard InChI is InChI=1S/C15H27N3/c1-4-7-18-11-14(10-17-18)15-5-6-16-9-13(15)8-12(2)3/h10-13,15-16H,4-9H2,1-3H3. The van der Waals surface area contributed by atoms with Crippen molar-refractivity contribution in [3.63, 3.8) is 0 Å². The van der Waals surface area contributed by atoms with E-state index < -0.39 is 0 Å². The summed E-state index contributed by atoms with van der Waals surface area (Å²) >= 11 is 0. The molecular weight excluding hydrogens is 222 g/mol. The molecule has 0 saturated carbocycles. The predicted molar refractivity (Wildman–Crippen MR) is 75.7 cm³/mol. The third kappa shape index (κ3) is 3.35. The second kappa shape index (κ2) is 6.37. The van der Waals surface area contributed by atoms with E-state index in [4.69, 9.17) is 0 Å². The van der Waals surface area contributed by atoms with Gasteiger partial charge in [0.05, 0.1) is 6.20 Å². The average Bonchev–Trinajstić information content (AvgIpc) is 2.78. The van der Waals surface area contributed by atoms with E-state index in [0.717, 1.165) is 31.3 Å². The Kier molecular flexibility index (Phi) is 4.81. The fourth-order valence-electron chi connectivity index (χ4n) is 3.14. The quantitative estimate of drug-likeness (QED) is 0.869. The highest BCUT2D eigenvalue weighted by atomic mass is 15.3. The smallest absolute Gasteiger partial charge is 0.0524 e. The van der Waals surface area contributed by atoms with Gasteiger partial charge in [-0.15, -0.1) is 0 Å².